The van der Waals surface area contributed by atoms with Crippen LogP contribution in [-0.4, -0.2) is 42.5 Å². The van der Waals surface area contributed by atoms with Gasteiger partial charge in [-0.25, -0.2) is 8.78 Å². The van der Waals surface area contributed by atoms with Gasteiger partial charge in [0.15, 0.2) is 0 Å². The molecule has 2 aromatic carbocycles. The number of halogens is 2. The third kappa shape index (κ3) is 5.28. The molecule has 0 aromatic heterocycles. The Hall–Kier alpha value is -2.96. The lowest BCUT2D eigenvalue weighted by Crippen LogP contribution is -2.46. The van der Waals surface area contributed by atoms with Gasteiger partial charge in [0, 0.05) is 25.2 Å². The first kappa shape index (κ1) is 19.8. The topological polar surface area (TPSA) is 58.6 Å². The summed E-state index contributed by atoms with van der Waals surface area (Å²) in [4.78, 5) is 26.0. The summed E-state index contributed by atoms with van der Waals surface area (Å²) in [5.74, 6) is -1.43. The Balaban J connectivity index is 1.41. The van der Waals surface area contributed by atoms with Crippen LogP contribution in [0.1, 0.15) is 29.6 Å². The van der Waals surface area contributed by atoms with Crippen molar-refractivity contribution >= 4 is 11.8 Å². The third-order valence-electron chi connectivity index (χ3n) is 4.65. The van der Waals surface area contributed by atoms with Gasteiger partial charge >= 0.3 is 0 Å². The van der Waals surface area contributed by atoms with E-state index in [0.29, 0.717) is 32.0 Å². The first-order valence-electron chi connectivity index (χ1n) is 9.24. The Labute approximate surface area is 162 Å². The molecule has 0 aliphatic carbocycles. The number of nitrogens with one attached hydrogen (secondary N) is 1. The molecule has 1 fully saturated rings. The van der Waals surface area contributed by atoms with Crippen LogP contribution in [0.4, 0.5) is 8.78 Å². The molecule has 1 aliphatic rings. The molecular weight excluding hydrogens is 366 g/mol. The van der Waals surface area contributed by atoms with Gasteiger partial charge in [0.2, 0.25) is 5.91 Å². The first-order chi connectivity index (χ1) is 13.5. The van der Waals surface area contributed by atoms with E-state index in [2.05, 4.69) is 5.32 Å². The van der Waals surface area contributed by atoms with Crippen molar-refractivity contribution in [3.63, 3.8) is 0 Å². The lowest BCUT2D eigenvalue weighted by Gasteiger charge is -2.32. The summed E-state index contributed by atoms with van der Waals surface area (Å²) in [5, 5.41) is 2.94. The van der Waals surface area contributed by atoms with Crippen LogP contribution in [0.2, 0.25) is 0 Å². The molecule has 1 aliphatic heterocycles. The number of carbonyl (C=O) groups is 2. The smallest absolute Gasteiger partial charge is 0.256 e. The van der Waals surface area contributed by atoms with E-state index in [1.807, 2.05) is 30.3 Å². The minimum Gasteiger partial charge on any atom is -0.493 e. The monoisotopic (exact) mass is 388 g/mol. The molecule has 1 heterocycles. The van der Waals surface area contributed by atoms with Gasteiger partial charge in [0.1, 0.15) is 17.4 Å². The largest absolute Gasteiger partial charge is 0.493 e. The molecule has 0 bridgehead atoms. The molecule has 0 unspecified atom stereocenters. The summed E-state index contributed by atoms with van der Waals surface area (Å²) >= 11 is 0. The van der Waals surface area contributed by atoms with Crippen LogP contribution in [-0.2, 0) is 4.79 Å². The van der Waals surface area contributed by atoms with Gasteiger partial charge < -0.3 is 15.0 Å². The van der Waals surface area contributed by atoms with Crippen LogP contribution < -0.4 is 10.1 Å². The first-order valence-corrected chi connectivity index (χ1v) is 9.24. The van der Waals surface area contributed by atoms with Crippen molar-refractivity contribution in [3.05, 3.63) is 65.7 Å². The minimum absolute atomic E-state index is 0.0358. The van der Waals surface area contributed by atoms with E-state index in [-0.39, 0.29) is 30.5 Å². The van der Waals surface area contributed by atoms with Crippen molar-refractivity contribution < 1.29 is 23.1 Å². The summed E-state index contributed by atoms with van der Waals surface area (Å²) in [7, 11) is 0. The number of rotatable bonds is 6. The van der Waals surface area contributed by atoms with Crippen molar-refractivity contribution in [2.45, 2.75) is 25.3 Å². The van der Waals surface area contributed by atoms with Gasteiger partial charge in [0.25, 0.3) is 5.91 Å². The van der Waals surface area contributed by atoms with Crippen LogP contribution in [0, 0.1) is 11.6 Å². The molecule has 2 amide bonds. The highest BCUT2D eigenvalue weighted by Gasteiger charge is 2.26. The highest BCUT2D eigenvalue weighted by atomic mass is 19.1. The lowest BCUT2D eigenvalue weighted by molar-refractivity contribution is -0.122. The Bertz CT molecular complexity index is 822. The second kappa shape index (κ2) is 9.30. The fourth-order valence-electron chi connectivity index (χ4n) is 3.14. The molecule has 0 saturated carbocycles. The van der Waals surface area contributed by atoms with Gasteiger partial charge in [-0.3, -0.25) is 9.59 Å². The van der Waals surface area contributed by atoms with Crippen molar-refractivity contribution in [3.8, 4) is 5.75 Å². The molecule has 28 heavy (non-hydrogen) atoms. The molecule has 1 N–H and O–H groups in total. The lowest BCUT2D eigenvalue weighted by atomic mass is 10.0. The molecule has 0 atom stereocenters. The number of ether oxygens (including phenoxy) is 1. The van der Waals surface area contributed by atoms with E-state index < -0.39 is 17.5 Å². The van der Waals surface area contributed by atoms with Crippen LogP contribution >= 0.6 is 0 Å². The maximum atomic E-state index is 13.8. The number of carbonyl (C=O) groups excluding carboxylic acids is 2. The number of nitrogens with zero attached hydrogens (tertiary/aromatic N) is 1. The second-order valence-corrected chi connectivity index (χ2v) is 6.67. The Morgan fingerprint density at radius 2 is 1.79 bits per heavy atom. The van der Waals surface area contributed by atoms with Crippen molar-refractivity contribution in [2.75, 3.05) is 19.7 Å². The molecule has 2 aromatic rings. The summed E-state index contributed by atoms with van der Waals surface area (Å²) in [5.41, 5.74) is -0.137. The molecule has 3 rings (SSSR count). The zero-order chi connectivity index (χ0) is 19.9. The average Bonchev–Trinajstić information content (AvgIpc) is 2.69. The van der Waals surface area contributed by atoms with Crippen LogP contribution in [0.3, 0.4) is 0 Å². The summed E-state index contributed by atoms with van der Waals surface area (Å²) in [6.07, 6.45) is 1.41. The molecule has 1 saturated heterocycles. The highest BCUT2D eigenvalue weighted by molar-refractivity contribution is 5.94. The standard InChI is InChI=1S/C21H22F2N2O3/c22-15-6-7-18(19(23)14-15)21(27)25-11-8-16(9-12-25)24-20(26)10-13-28-17-4-2-1-3-5-17/h1-7,14,16H,8-13H2,(H,24,26). The number of para-hydroxylation sites is 1. The Morgan fingerprint density at radius 3 is 2.46 bits per heavy atom. The van der Waals surface area contributed by atoms with E-state index in [9.17, 15) is 18.4 Å². The Kier molecular flexibility index (Phi) is 6.57. The number of amides is 2. The number of piperidine rings is 1. The zero-order valence-corrected chi connectivity index (χ0v) is 15.4. The second-order valence-electron chi connectivity index (χ2n) is 6.67. The van der Waals surface area contributed by atoms with E-state index in [1.165, 1.54) is 4.90 Å². The van der Waals surface area contributed by atoms with E-state index in [4.69, 9.17) is 4.74 Å². The van der Waals surface area contributed by atoms with Crippen molar-refractivity contribution in [1.29, 1.82) is 0 Å². The van der Waals surface area contributed by atoms with Gasteiger partial charge in [-0.15, -0.1) is 0 Å². The van der Waals surface area contributed by atoms with Gasteiger partial charge in [0.05, 0.1) is 18.6 Å². The summed E-state index contributed by atoms with van der Waals surface area (Å²) in [6, 6.07) is 12.2. The maximum Gasteiger partial charge on any atom is 0.256 e. The normalized spacial score (nSPS) is 14.6. The Morgan fingerprint density at radius 1 is 1.07 bits per heavy atom. The SMILES string of the molecule is O=C(CCOc1ccccc1)NC1CCN(C(=O)c2ccc(F)cc2F)CC1. The number of benzene rings is 2. The zero-order valence-electron chi connectivity index (χ0n) is 15.4. The van der Waals surface area contributed by atoms with Crippen molar-refractivity contribution in [1.82, 2.24) is 10.2 Å². The third-order valence-corrected chi connectivity index (χ3v) is 4.65. The van der Waals surface area contributed by atoms with Crippen molar-refractivity contribution in [2.24, 2.45) is 0 Å². The molecule has 0 spiro atoms. The molecular formula is C21H22F2N2O3. The van der Waals surface area contributed by atoms with Gasteiger partial charge in [-0.2, -0.15) is 0 Å². The average molecular weight is 388 g/mol. The number of likely N-dealkylation sites (tertiary alicyclic amines) is 1. The van der Waals surface area contributed by atoms with E-state index in [0.717, 1.165) is 17.9 Å². The minimum atomic E-state index is -0.862. The van der Waals surface area contributed by atoms with E-state index in [1.54, 1.807) is 0 Å². The summed E-state index contributed by atoms with van der Waals surface area (Å²) < 4.78 is 32.3. The number of hydrogen-bond donors (Lipinski definition) is 1. The van der Waals surface area contributed by atoms with Gasteiger partial charge in [-0.05, 0) is 37.1 Å². The fraction of sp³-hybridized carbons (Fsp3) is 0.333. The van der Waals surface area contributed by atoms with E-state index >= 15 is 0 Å². The van der Waals surface area contributed by atoms with Crippen LogP contribution in [0.5, 0.6) is 5.75 Å². The molecule has 148 valence electrons. The predicted molar refractivity (Wildman–Crippen MR) is 100.0 cm³/mol. The van der Waals surface area contributed by atoms with Crippen LogP contribution in [0.25, 0.3) is 0 Å². The highest BCUT2D eigenvalue weighted by Crippen LogP contribution is 2.17. The molecule has 7 heteroatoms. The quantitative estimate of drug-likeness (QED) is 0.827. The maximum absolute atomic E-state index is 13.8. The molecule has 5 nitrogen and oxygen atoms in total. The number of hydrogen-bond acceptors (Lipinski definition) is 3. The van der Waals surface area contributed by atoms with Gasteiger partial charge in [-0.1, -0.05) is 18.2 Å². The molecule has 0 radical (unpaired) electrons. The van der Waals surface area contributed by atoms with Crippen LogP contribution in [0.15, 0.2) is 48.5 Å². The summed E-state index contributed by atoms with van der Waals surface area (Å²) in [6.45, 7) is 1.10. The predicted octanol–water partition coefficient (Wildman–Crippen LogP) is 3.15. The fourth-order valence-corrected chi connectivity index (χ4v) is 3.14.